The summed E-state index contributed by atoms with van der Waals surface area (Å²) in [5, 5.41) is 8.53. The van der Waals surface area contributed by atoms with Gasteiger partial charge in [-0.2, -0.15) is 0 Å². The maximum atomic E-state index is 10.2. The van der Waals surface area contributed by atoms with Crippen molar-refractivity contribution in [1.82, 2.24) is 0 Å². The summed E-state index contributed by atoms with van der Waals surface area (Å²) in [6, 6.07) is 10.2. The number of hydrogen-bond acceptors (Lipinski definition) is 3. The summed E-state index contributed by atoms with van der Waals surface area (Å²) in [7, 11) is 1.33. The van der Waals surface area contributed by atoms with E-state index in [0.29, 0.717) is 5.57 Å². The number of hydrogen-bond donors (Lipinski definition) is 1. The molecule has 21 heavy (non-hydrogen) atoms. The maximum Gasteiger partial charge on any atom is 0.332 e. The Morgan fingerprint density at radius 2 is 1.76 bits per heavy atom. The van der Waals surface area contributed by atoms with Gasteiger partial charge < -0.3 is 9.84 Å². The number of aliphatic hydroxyl groups excluding tert-OH is 1. The molecular formula is C18H26O3. The Labute approximate surface area is 128 Å². The lowest BCUT2D eigenvalue weighted by Gasteiger charge is -1.96. The molecular weight excluding hydrogens is 264 g/mol. The minimum atomic E-state index is -0.347. The number of benzene rings is 1. The molecule has 3 heteroatoms. The molecule has 0 radical (unpaired) electrons. The highest BCUT2D eigenvalue weighted by atomic mass is 16.5. The Morgan fingerprint density at radius 3 is 2.05 bits per heavy atom. The molecule has 0 aliphatic rings. The van der Waals surface area contributed by atoms with Gasteiger partial charge in [-0.3, -0.25) is 0 Å². The first-order valence-electron chi connectivity index (χ1n) is 6.65. The largest absolute Gasteiger partial charge is 0.466 e. The summed E-state index contributed by atoms with van der Waals surface area (Å²) in [5.41, 5.74) is 1.74. The number of allylic oxidation sites excluding steroid dienone is 2. The predicted molar refractivity (Wildman–Crippen MR) is 89.1 cm³/mol. The lowest BCUT2D eigenvalue weighted by Crippen LogP contribution is -1.98. The SMILES string of the molecule is C=C(C)C(=O)OC.C=CC=C.OCCCc1ccccc1. The number of carbonyl (C=O) groups is 1. The van der Waals surface area contributed by atoms with Crippen LogP contribution in [0.3, 0.4) is 0 Å². The van der Waals surface area contributed by atoms with E-state index in [4.69, 9.17) is 5.11 Å². The van der Waals surface area contributed by atoms with Crippen LogP contribution < -0.4 is 0 Å². The van der Waals surface area contributed by atoms with Gasteiger partial charge in [-0.05, 0) is 25.3 Å². The van der Waals surface area contributed by atoms with Gasteiger partial charge in [0.15, 0.2) is 0 Å². The van der Waals surface area contributed by atoms with Crippen LogP contribution in [0.2, 0.25) is 0 Å². The molecule has 0 spiro atoms. The number of aryl methyl sites for hydroxylation is 1. The first-order chi connectivity index (χ1) is 10.0. The zero-order valence-corrected chi connectivity index (χ0v) is 13.0. The minimum absolute atomic E-state index is 0.287. The number of ether oxygens (including phenoxy) is 1. The Bertz CT molecular complexity index is 402. The third kappa shape index (κ3) is 15.8. The smallest absolute Gasteiger partial charge is 0.332 e. The number of aliphatic hydroxyl groups is 1. The van der Waals surface area contributed by atoms with E-state index in [9.17, 15) is 4.79 Å². The van der Waals surface area contributed by atoms with E-state index < -0.39 is 0 Å². The molecule has 1 rings (SSSR count). The molecule has 116 valence electrons. The lowest BCUT2D eigenvalue weighted by molar-refractivity contribution is -0.136. The molecule has 0 saturated heterocycles. The van der Waals surface area contributed by atoms with Crippen LogP contribution in [0.5, 0.6) is 0 Å². The highest BCUT2D eigenvalue weighted by Crippen LogP contribution is 2.00. The molecule has 0 atom stereocenters. The summed E-state index contributed by atoms with van der Waals surface area (Å²) in [4.78, 5) is 10.2. The maximum absolute atomic E-state index is 10.2. The Kier molecular flexibility index (Phi) is 16.1. The number of methoxy groups -OCH3 is 1. The summed E-state index contributed by atoms with van der Waals surface area (Å²) >= 11 is 0. The summed E-state index contributed by atoms with van der Waals surface area (Å²) in [6.07, 6.45) is 5.13. The molecule has 0 unspecified atom stereocenters. The van der Waals surface area contributed by atoms with Crippen molar-refractivity contribution in [3.8, 4) is 0 Å². The topological polar surface area (TPSA) is 46.5 Å². The van der Waals surface area contributed by atoms with Crippen LogP contribution in [-0.2, 0) is 16.0 Å². The van der Waals surface area contributed by atoms with Crippen molar-refractivity contribution < 1.29 is 14.6 Å². The third-order valence-electron chi connectivity index (χ3n) is 2.17. The zero-order chi connectivity index (χ0) is 16.5. The summed E-state index contributed by atoms with van der Waals surface area (Å²) < 4.78 is 4.27. The molecule has 0 fully saturated rings. The molecule has 0 aromatic heterocycles. The van der Waals surface area contributed by atoms with Crippen molar-refractivity contribution in [3.63, 3.8) is 0 Å². The van der Waals surface area contributed by atoms with Gasteiger partial charge in [0.25, 0.3) is 0 Å². The van der Waals surface area contributed by atoms with E-state index in [1.807, 2.05) is 18.2 Å². The van der Waals surface area contributed by atoms with Crippen molar-refractivity contribution in [3.05, 3.63) is 73.4 Å². The molecule has 0 aliphatic carbocycles. The summed E-state index contributed by atoms with van der Waals surface area (Å²) in [6.45, 7) is 12.0. The van der Waals surface area contributed by atoms with Crippen molar-refractivity contribution in [2.45, 2.75) is 19.8 Å². The van der Waals surface area contributed by atoms with Gasteiger partial charge in [0.05, 0.1) is 7.11 Å². The van der Waals surface area contributed by atoms with E-state index in [-0.39, 0.29) is 12.6 Å². The molecule has 0 saturated carbocycles. The third-order valence-corrected chi connectivity index (χ3v) is 2.17. The standard InChI is InChI=1S/C9H12O.C5H8O2.C4H6/c10-8-4-7-9-5-2-1-3-6-9;1-4(2)5(6)7-3;1-3-4-2/h1-3,5-6,10H,4,7-8H2;1H2,2-3H3;3-4H,1-2H2. The molecule has 3 nitrogen and oxygen atoms in total. The normalized spacial score (nSPS) is 8.14. The van der Waals surface area contributed by atoms with Crippen LogP contribution in [0.15, 0.2) is 67.8 Å². The molecule has 1 N–H and O–H groups in total. The second-order valence-electron chi connectivity index (χ2n) is 4.06. The van der Waals surface area contributed by atoms with Gasteiger partial charge in [0, 0.05) is 12.2 Å². The summed E-state index contributed by atoms with van der Waals surface area (Å²) in [5.74, 6) is -0.347. The second kappa shape index (κ2) is 15.9. The van der Waals surface area contributed by atoms with Crippen LogP contribution in [-0.4, -0.2) is 24.8 Å². The van der Waals surface area contributed by atoms with E-state index in [2.05, 4.69) is 36.6 Å². The quantitative estimate of drug-likeness (QED) is 0.511. The lowest BCUT2D eigenvalue weighted by atomic mass is 10.1. The van der Waals surface area contributed by atoms with Crippen LogP contribution in [0, 0.1) is 0 Å². The fraction of sp³-hybridized carbons (Fsp3) is 0.278. The zero-order valence-electron chi connectivity index (χ0n) is 13.0. The predicted octanol–water partition coefficient (Wildman–Crippen LogP) is 3.71. The molecule has 0 aliphatic heterocycles. The van der Waals surface area contributed by atoms with Crippen LogP contribution >= 0.6 is 0 Å². The highest BCUT2D eigenvalue weighted by molar-refractivity contribution is 5.86. The number of carbonyl (C=O) groups excluding carboxylic acids is 1. The first kappa shape index (κ1) is 21.2. The molecule has 0 bridgehead atoms. The van der Waals surface area contributed by atoms with Crippen molar-refractivity contribution >= 4 is 5.97 Å². The van der Waals surface area contributed by atoms with E-state index >= 15 is 0 Å². The van der Waals surface area contributed by atoms with Gasteiger partial charge >= 0.3 is 5.97 Å². The second-order valence-corrected chi connectivity index (χ2v) is 4.06. The fourth-order valence-corrected chi connectivity index (χ4v) is 1.10. The fourth-order valence-electron chi connectivity index (χ4n) is 1.10. The van der Waals surface area contributed by atoms with E-state index in [1.165, 1.54) is 12.7 Å². The average molecular weight is 290 g/mol. The van der Waals surface area contributed by atoms with Crippen molar-refractivity contribution in [2.75, 3.05) is 13.7 Å². The molecule has 0 amide bonds. The van der Waals surface area contributed by atoms with Crippen molar-refractivity contribution in [1.29, 1.82) is 0 Å². The van der Waals surface area contributed by atoms with Crippen LogP contribution in [0.4, 0.5) is 0 Å². The van der Waals surface area contributed by atoms with Crippen LogP contribution in [0.1, 0.15) is 18.9 Å². The minimum Gasteiger partial charge on any atom is -0.466 e. The van der Waals surface area contributed by atoms with E-state index in [1.54, 1.807) is 19.1 Å². The van der Waals surface area contributed by atoms with Gasteiger partial charge in [-0.25, -0.2) is 4.79 Å². The molecule has 1 aromatic carbocycles. The van der Waals surface area contributed by atoms with Crippen molar-refractivity contribution in [2.24, 2.45) is 0 Å². The average Bonchev–Trinajstić information content (AvgIpc) is 2.53. The number of esters is 1. The Balaban J connectivity index is 0. The number of rotatable bonds is 5. The molecule has 0 heterocycles. The van der Waals surface area contributed by atoms with Gasteiger partial charge in [-0.15, -0.1) is 0 Å². The van der Waals surface area contributed by atoms with Crippen LogP contribution in [0.25, 0.3) is 0 Å². The highest BCUT2D eigenvalue weighted by Gasteiger charge is 1.95. The first-order valence-corrected chi connectivity index (χ1v) is 6.65. The van der Waals surface area contributed by atoms with Gasteiger partial charge in [0.1, 0.15) is 0 Å². The molecule has 1 aromatic rings. The van der Waals surface area contributed by atoms with E-state index in [0.717, 1.165) is 12.8 Å². The Morgan fingerprint density at radius 1 is 1.24 bits per heavy atom. The Hall–Kier alpha value is -2.13. The van der Waals surface area contributed by atoms with Gasteiger partial charge in [-0.1, -0.05) is 62.2 Å². The monoisotopic (exact) mass is 290 g/mol. The van der Waals surface area contributed by atoms with Gasteiger partial charge in [0.2, 0.25) is 0 Å².